The van der Waals surface area contributed by atoms with Gasteiger partial charge in [-0.15, -0.1) is 0 Å². The van der Waals surface area contributed by atoms with Crippen molar-refractivity contribution in [3.05, 3.63) is 35.4 Å². The Kier molecular flexibility index (Phi) is 6.87. The minimum Gasteiger partial charge on any atom is -0.456 e. The third-order valence-corrected chi connectivity index (χ3v) is 4.93. The lowest BCUT2D eigenvalue weighted by Gasteiger charge is -2.41. The van der Waals surface area contributed by atoms with Gasteiger partial charge in [-0.2, -0.15) is 0 Å². The van der Waals surface area contributed by atoms with Gasteiger partial charge in [-0.05, 0) is 30.4 Å². The zero-order chi connectivity index (χ0) is 21.0. The van der Waals surface area contributed by atoms with E-state index in [1.165, 1.54) is 31.9 Å². The number of carbonyl (C=O) groups is 3. The van der Waals surface area contributed by atoms with E-state index < -0.39 is 42.5 Å². The fourth-order valence-corrected chi connectivity index (χ4v) is 3.80. The number of hydrogen-bond acceptors (Lipinski definition) is 8. The summed E-state index contributed by atoms with van der Waals surface area (Å²) in [6, 6.07) is 8.17. The predicted molar refractivity (Wildman–Crippen MR) is 99.7 cm³/mol. The highest BCUT2D eigenvalue weighted by Gasteiger charge is 2.48. The van der Waals surface area contributed by atoms with Crippen molar-refractivity contribution in [3.63, 3.8) is 0 Å². The first-order chi connectivity index (χ1) is 13.8. The van der Waals surface area contributed by atoms with Crippen LogP contribution in [0.25, 0.3) is 0 Å². The minimum absolute atomic E-state index is 0.0384. The Hall–Kier alpha value is -2.45. The molecule has 2 aliphatic rings. The van der Waals surface area contributed by atoms with Crippen LogP contribution in [0.5, 0.6) is 0 Å². The normalized spacial score (nSPS) is 28.7. The summed E-state index contributed by atoms with van der Waals surface area (Å²) in [4.78, 5) is 34.7. The average molecular weight is 406 g/mol. The number of ether oxygens (including phenoxy) is 5. The lowest BCUT2D eigenvalue weighted by molar-refractivity contribution is -0.291. The molecule has 5 atom stereocenters. The highest BCUT2D eigenvalue weighted by atomic mass is 16.7. The summed E-state index contributed by atoms with van der Waals surface area (Å²) in [5.74, 6) is -1.72. The van der Waals surface area contributed by atoms with Gasteiger partial charge in [-0.25, -0.2) is 0 Å². The Bertz CT molecular complexity index is 761. The Morgan fingerprint density at radius 1 is 0.897 bits per heavy atom. The van der Waals surface area contributed by atoms with Crippen molar-refractivity contribution in [2.24, 2.45) is 0 Å². The standard InChI is InChI=1S/C21H26O8/c1-12(22)26-18-11-25-21(20(28-14(3)24)19(18)27-13(2)23)29-17-9-8-15-6-4-5-7-16(15)10-17/h4-7,17-21H,8-11H2,1-3H3/t17?,18-,19+,20-,21-/m1/s1. The van der Waals surface area contributed by atoms with Gasteiger partial charge < -0.3 is 23.7 Å². The number of esters is 3. The smallest absolute Gasteiger partial charge is 0.303 e. The summed E-state index contributed by atoms with van der Waals surface area (Å²) in [6.45, 7) is 3.68. The fourth-order valence-electron chi connectivity index (χ4n) is 3.80. The molecular weight excluding hydrogens is 380 g/mol. The number of rotatable bonds is 5. The van der Waals surface area contributed by atoms with Crippen LogP contribution in [0.3, 0.4) is 0 Å². The number of carbonyl (C=O) groups excluding carboxylic acids is 3. The van der Waals surface area contributed by atoms with Crippen LogP contribution in [-0.4, -0.2) is 55.2 Å². The molecule has 0 bridgehead atoms. The van der Waals surface area contributed by atoms with Gasteiger partial charge >= 0.3 is 17.9 Å². The summed E-state index contributed by atoms with van der Waals surface area (Å²) in [5, 5.41) is 0. The third kappa shape index (κ3) is 5.55. The van der Waals surface area contributed by atoms with E-state index in [-0.39, 0.29) is 12.7 Å². The first kappa shape index (κ1) is 21.3. The second-order valence-corrected chi connectivity index (χ2v) is 7.27. The van der Waals surface area contributed by atoms with Crippen LogP contribution in [0.15, 0.2) is 24.3 Å². The van der Waals surface area contributed by atoms with E-state index in [9.17, 15) is 14.4 Å². The van der Waals surface area contributed by atoms with Gasteiger partial charge in [0.2, 0.25) is 0 Å². The molecule has 29 heavy (non-hydrogen) atoms. The molecule has 1 fully saturated rings. The highest BCUT2D eigenvalue weighted by molar-refractivity contribution is 5.68. The molecule has 1 aliphatic heterocycles. The zero-order valence-corrected chi connectivity index (χ0v) is 16.8. The van der Waals surface area contributed by atoms with Crippen molar-refractivity contribution in [3.8, 4) is 0 Å². The molecule has 0 radical (unpaired) electrons. The van der Waals surface area contributed by atoms with E-state index in [1.54, 1.807) is 0 Å². The van der Waals surface area contributed by atoms with Crippen LogP contribution in [0.4, 0.5) is 0 Å². The van der Waals surface area contributed by atoms with Crippen LogP contribution in [0.1, 0.15) is 38.3 Å². The SMILES string of the molecule is CC(=O)O[C@@H]1[C@@H](OC(C)=O)[C@@H](OC2CCc3ccccc3C2)OC[C@H]1OC(C)=O. The Morgan fingerprint density at radius 2 is 1.52 bits per heavy atom. The second-order valence-electron chi connectivity index (χ2n) is 7.27. The molecular formula is C21H26O8. The average Bonchev–Trinajstić information content (AvgIpc) is 2.65. The highest BCUT2D eigenvalue weighted by Crippen LogP contribution is 2.29. The Morgan fingerprint density at radius 3 is 2.17 bits per heavy atom. The molecule has 1 heterocycles. The molecule has 1 aliphatic carbocycles. The maximum absolute atomic E-state index is 11.7. The molecule has 158 valence electrons. The molecule has 1 saturated heterocycles. The Balaban J connectivity index is 1.76. The number of fused-ring (bicyclic) bond motifs is 1. The molecule has 8 heteroatoms. The summed E-state index contributed by atoms with van der Waals surface area (Å²) < 4.78 is 27.8. The van der Waals surface area contributed by atoms with E-state index in [1.807, 2.05) is 12.1 Å². The fraction of sp³-hybridized carbons (Fsp3) is 0.571. The number of hydrogen-bond donors (Lipinski definition) is 0. The third-order valence-electron chi connectivity index (χ3n) is 4.93. The van der Waals surface area contributed by atoms with Crippen LogP contribution in [0.2, 0.25) is 0 Å². The maximum atomic E-state index is 11.7. The molecule has 1 unspecified atom stereocenters. The first-order valence-corrected chi connectivity index (χ1v) is 9.69. The van der Waals surface area contributed by atoms with E-state index in [2.05, 4.69) is 12.1 Å². The molecule has 0 aromatic heterocycles. The number of benzene rings is 1. The van der Waals surface area contributed by atoms with Crippen molar-refractivity contribution in [1.29, 1.82) is 0 Å². The van der Waals surface area contributed by atoms with E-state index in [0.717, 1.165) is 12.8 Å². The lowest BCUT2D eigenvalue weighted by atomic mass is 9.90. The molecule has 1 aromatic carbocycles. The largest absolute Gasteiger partial charge is 0.456 e. The summed E-state index contributed by atoms with van der Waals surface area (Å²) >= 11 is 0. The molecule has 8 nitrogen and oxygen atoms in total. The molecule has 0 N–H and O–H groups in total. The molecule has 3 rings (SSSR count). The van der Waals surface area contributed by atoms with Gasteiger partial charge in [0, 0.05) is 20.8 Å². The Labute approximate surface area is 169 Å². The van der Waals surface area contributed by atoms with Gasteiger partial charge in [0.05, 0.1) is 12.7 Å². The monoisotopic (exact) mass is 406 g/mol. The number of aryl methyl sites for hydroxylation is 1. The van der Waals surface area contributed by atoms with Crippen LogP contribution in [-0.2, 0) is 50.9 Å². The topological polar surface area (TPSA) is 97.4 Å². The minimum atomic E-state index is -1.05. The van der Waals surface area contributed by atoms with Gasteiger partial charge in [0.15, 0.2) is 24.6 Å². The summed E-state index contributed by atoms with van der Waals surface area (Å²) in [7, 11) is 0. The molecule has 1 aromatic rings. The summed E-state index contributed by atoms with van der Waals surface area (Å²) in [5.41, 5.74) is 2.50. The quantitative estimate of drug-likeness (QED) is 0.539. The van der Waals surface area contributed by atoms with E-state index in [0.29, 0.717) is 6.42 Å². The van der Waals surface area contributed by atoms with Crippen LogP contribution in [0, 0.1) is 0 Å². The van der Waals surface area contributed by atoms with Crippen molar-refractivity contribution in [2.45, 2.75) is 70.7 Å². The van der Waals surface area contributed by atoms with Gasteiger partial charge in [-0.3, -0.25) is 14.4 Å². The van der Waals surface area contributed by atoms with Crippen molar-refractivity contribution < 1.29 is 38.1 Å². The van der Waals surface area contributed by atoms with E-state index >= 15 is 0 Å². The van der Waals surface area contributed by atoms with Gasteiger partial charge in [0.25, 0.3) is 0 Å². The van der Waals surface area contributed by atoms with Crippen molar-refractivity contribution >= 4 is 17.9 Å². The van der Waals surface area contributed by atoms with Crippen molar-refractivity contribution in [2.75, 3.05) is 6.61 Å². The molecule has 0 amide bonds. The van der Waals surface area contributed by atoms with E-state index in [4.69, 9.17) is 23.7 Å². The predicted octanol–water partition coefficient (Wildman–Crippen LogP) is 1.71. The molecule has 0 spiro atoms. The lowest BCUT2D eigenvalue weighted by Crippen LogP contribution is -2.58. The summed E-state index contributed by atoms with van der Waals surface area (Å²) in [6.07, 6.45) is -1.69. The maximum Gasteiger partial charge on any atom is 0.303 e. The second kappa shape index (κ2) is 9.37. The van der Waals surface area contributed by atoms with Crippen LogP contribution >= 0.6 is 0 Å². The molecule has 0 saturated carbocycles. The van der Waals surface area contributed by atoms with Crippen LogP contribution < -0.4 is 0 Å². The first-order valence-electron chi connectivity index (χ1n) is 9.69. The van der Waals surface area contributed by atoms with Gasteiger partial charge in [0.1, 0.15) is 0 Å². The van der Waals surface area contributed by atoms with Crippen molar-refractivity contribution in [1.82, 2.24) is 0 Å². The zero-order valence-electron chi connectivity index (χ0n) is 16.8. The van der Waals surface area contributed by atoms with Gasteiger partial charge in [-0.1, -0.05) is 24.3 Å².